The molecular weight excluding hydrogens is 272 g/mol. The van der Waals surface area contributed by atoms with Crippen molar-refractivity contribution in [2.45, 2.75) is 20.8 Å². The molecule has 0 amide bonds. The molecule has 7 nitrogen and oxygen atoms in total. The van der Waals surface area contributed by atoms with Crippen LogP contribution in [0, 0.1) is 13.8 Å². The zero-order valence-corrected chi connectivity index (χ0v) is 12.0. The Bertz CT molecular complexity index is 819. The lowest BCUT2D eigenvalue weighted by Gasteiger charge is -2.04. The first kappa shape index (κ1) is 13.3. The van der Waals surface area contributed by atoms with E-state index < -0.39 is 5.97 Å². The van der Waals surface area contributed by atoms with Crippen molar-refractivity contribution in [3.8, 4) is 11.5 Å². The van der Waals surface area contributed by atoms with E-state index in [0.29, 0.717) is 29.3 Å². The van der Waals surface area contributed by atoms with E-state index in [2.05, 4.69) is 15.2 Å². The van der Waals surface area contributed by atoms with Crippen molar-refractivity contribution < 1.29 is 14.1 Å². The summed E-state index contributed by atoms with van der Waals surface area (Å²) in [6.45, 7) is 5.82. The van der Waals surface area contributed by atoms with Gasteiger partial charge in [0.2, 0.25) is 0 Å². The number of carbonyl (C=O) groups is 1. The summed E-state index contributed by atoms with van der Waals surface area (Å²) >= 11 is 0. The van der Waals surface area contributed by atoms with Crippen LogP contribution in [0.2, 0.25) is 0 Å². The Kier molecular flexibility index (Phi) is 3.17. The van der Waals surface area contributed by atoms with Crippen molar-refractivity contribution in [3.05, 3.63) is 35.3 Å². The Labute approximate surface area is 120 Å². The van der Waals surface area contributed by atoms with Crippen molar-refractivity contribution >= 4 is 11.6 Å². The molecule has 0 radical (unpaired) electrons. The predicted octanol–water partition coefficient (Wildman–Crippen LogP) is 2.18. The van der Waals surface area contributed by atoms with Crippen LogP contribution in [0.1, 0.15) is 28.5 Å². The minimum Gasteiger partial charge on any atom is -0.462 e. The average molecular weight is 286 g/mol. The van der Waals surface area contributed by atoms with E-state index in [1.165, 1.54) is 6.20 Å². The van der Waals surface area contributed by atoms with Gasteiger partial charge in [0.25, 0.3) is 0 Å². The van der Waals surface area contributed by atoms with Crippen LogP contribution in [0.3, 0.4) is 0 Å². The number of hydrogen-bond acceptors (Lipinski definition) is 6. The molecule has 0 unspecified atom stereocenters. The molecule has 108 valence electrons. The SMILES string of the molecule is CCOC(=O)c1cnn2c(C)cc(-c3oncc3C)nc12. The molecule has 0 spiro atoms. The summed E-state index contributed by atoms with van der Waals surface area (Å²) in [5, 5.41) is 7.93. The largest absolute Gasteiger partial charge is 0.462 e. The molecule has 3 rings (SSSR count). The third kappa shape index (κ3) is 2.16. The van der Waals surface area contributed by atoms with Gasteiger partial charge in [0.1, 0.15) is 11.3 Å². The molecule has 0 aliphatic rings. The third-order valence-electron chi connectivity index (χ3n) is 3.13. The maximum atomic E-state index is 11.9. The quantitative estimate of drug-likeness (QED) is 0.686. The molecule has 0 aromatic carbocycles. The molecule has 0 saturated heterocycles. The van der Waals surface area contributed by atoms with E-state index in [9.17, 15) is 4.79 Å². The van der Waals surface area contributed by atoms with E-state index in [4.69, 9.17) is 9.26 Å². The van der Waals surface area contributed by atoms with Crippen molar-refractivity contribution in [1.82, 2.24) is 19.8 Å². The smallest absolute Gasteiger partial charge is 0.343 e. The summed E-state index contributed by atoms with van der Waals surface area (Å²) in [5.41, 5.74) is 3.10. The van der Waals surface area contributed by atoms with Gasteiger partial charge < -0.3 is 9.26 Å². The number of hydrogen-bond donors (Lipinski definition) is 0. The molecule has 0 aliphatic heterocycles. The Balaban J connectivity index is 2.20. The molecule has 0 fully saturated rings. The maximum absolute atomic E-state index is 11.9. The number of esters is 1. The number of aryl methyl sites for hydroxylation is 2. The minimum atomic E-state index is -0.439. The van der Waals surface area contributed by atoms with Gasteiger partial charge in [-0.05, 0) is 26.8 Å². The van der Waals surface area contributed by atoms with Gasteiger partial charge in [0.15, 0.2) is 11.4 Å². The second-order valence-electron chi connectivity index (χ2n) is 4.63. The van der Waals surface area contributed by atoms with Crippen LogP contribution in [0.25, 0.3) is 17.1 Å². The summed E-state index contributed by atoms with van der Waals surface area (Å²) in [5.74, 6) is 0.141. The van der Waals surface area contributed by atoms with Crippen LogP contribution in [-0.2, 0) is 4.74 Å². The topological polar surface area (TPSA) is 82.5 Å². The summed E-state index contributed by atoms with van der Waals surface area (Å²) in [7, 11) is 0. The number of nitrogens with zero attached hydrogens (tertiary/aromatic N) is 4. The number of rotatable bonds is 3. The fraction of sp³-hybridized carbons (Fsp3) is 0.286. The van der Waals surface area contributed by atoms with Crippen molar-refractivity contribution in [3.63, 3.8) is 0 Å². The fourth-order valence-electron chi connectivity index (χ4n) is 2.12. The first-order valence-corrected chi connectivity index (χ1v) is 6.56. The molecule has 3 aromatic rings. The highest BCUT2D eigenvalue weighted by Gasteiger charge is 2.19. The van der Waals surface area contributed by atoms with Crippen molar-refractivity contribution in [2.75, 3.05) is 6.61 Å². The molecule has 0 bridgehead atoms. The van der Waals surface area contributed by atoms with Gasteiger partial charge >= 0.3 is 5.97 Å². The highest BCUT2D eigenvalue weighted by Crippen LogP contribution is 2.24. The highest BCUT2D eigenvalue weighted by atomic mass is 16.5. The number of ether oxygens (including phenoxy) is 1. The number of aromatic nitrogens is 4. The molecule has 0 saturated carbocycles. The van der Waals surface area contributed by atoms with Gasteiger partial charge in [0, 0.05) is 11.3 Å². The van der Waals surface area contributed by atoms with Crippen molar-refractivity contribution in [2.24, 2.45) is 0 Å². The van der Waals surface area contributed by atoms with E-state index >= 15 is 0 Å². The molecule has 0 aliphatic carbocycles. The summed E-state index contributed by atoms with van der Waals surface area (Å²) < 4.78 is 11.8. The standard InChI is InChI=1S/C14H14N4O3/c1-4-20-14(19)10-7-15-18-9(3)5-11(17-13(10)18)12-8(2)6-16-21-12/h5-7H,4H2,1-3H3. The Hall–Kier alpha value is -2.70. The monoisotopic (exact) mass is 286 g/mol. The lowest BCUT2D eigenvalue weighted by atomic mass is 10.2. The first-order chi connectivity index (χ1) is 10.1. The molecule has 0 N–H and O–H groups in total. The van der Waals surface area contributed by atoms with Crippen molar-refractivity contribution in [1.29, 1.82) is 0 Å². The third-order valence-corrected chi connectivity index (χ3v) is 3.13. The van der Waals surface area contributed by atoms with E-state index in [0.717, 1.165) is 11.3 Å². The van der Waals surface area contributed by atoms with Gasteiger partial charge in [-0.1, -0.05) is 5.16 Å². The van der Waals surface area contributed by atoms with E-state index in [1.54, 1.807) is 17.6 Å². The predicted molar refractivity (Wildman–Crippen MR) is 73.9 cm³/mol. The normalized spacial score (nSPS) is 11.0. The summed E-state index contributed by atoms with van der Waals surface area (Å²) in [6, 6.07) is 1.84. The highest BCUT2D eigenvalue weighted by molar-refractivity contribution is 5.95. The second-order valence-corrected chi connectivity index (χ2v) is 4.63. The number of fused-ring (bicyclic) bond motifs is 1. The second kappa shape index (κ2) is 5.01. The van der Waals surface area contributed by atoms with Gasteiger partial charge in [-0.2, -0.15) is 5.10 Å². The fourth-order valence-corrected chi connectivity index (χ4v) is 2.12. The van der Waals surface area contributed by atoms with Gasteiger partial charge in [-0.15, -0.1) is 0 Å². The van der Waals surface area contributed by atoms with Gasteiger partial charge in [0.05, 0.1) is 19.0 Å². The van der Waals surface area contributed by atoms with Crippen LogP contribution >= 0.6 is 0 Å². The Morgan fingerprint density at radius 1 is 1.38 bits per heavy atom. The number of carbonyl (C=O) groups excluding carboxylic acids is 1. The summed E-state index contributed by atoms with van der Waals surface area (Å²) in [4.78, 5) is 16.4. The van der Waals surface area contributed by atoms with E-state index in [-0.39, 0.29) is 0 Å². The Morgan fingerprint density at radius 3 is 2.86 bits per heavy atom. The molecule has 7 heteroatoms. The lowest BCUT2D eigenvalue weighted by molar-refractivity contribution is 0.0528. The lowest BCUT2D eigenvalue weighted by Crippen LogP contribution is -2.06. The van der Waals surface area contributed by atoms with Gasteiger partial charge in [-0.3, -0.25) is 0 Å². The summed E-state index contributed by atoms with van der Waals surface area (Å²) in [6.07, 6.45) is 3.09. The van der Waals surface area contributed by atoms with Crippen LogP contribution in [0.5, 0.6) is 0 Å². The van der Waals surface area contributed by atoms with Crippen LogP contribution < -0.4 is 0 Å². The first-order valence-electron chi connectivity index (χ1n) is 6.56. The van der Waals surface area contributed by atoms with Crippen LogP contribution in [-0.4, -0.2) is 32.3 Å². The van der Waals surface area contributed by atoms with E-state index in [1.807, 2.05) is 19.9 Å². The average Bonchev–Trinajstić information content (AvgIpc) is 3.05. The maximum Gasteiger partial charge on any atom is 0.343 e. The van der Waals surface area contributed by atoms with Crippen LogP contribution in [0.15, 0.2) is 23.0 Å². The molecule has 21 heavy (non-hydrogen) atoms. The molecular formula is C14H14N4O3. The molecule has 0 atom stereocenters. The van der Waals surface area contributed by atoms with Crippen LogP contribution in [0.4, 0.5) is 0 Å². The molecule has 3 heterocycles. The zero-order valence-electron chi connectivity index (χ0n) is 12.0. The minimum absolute atomic E-state index is 0.302. The zero-order chi connectivity index (χ0) is 15.0. The molecule has 3 aromatic heterocycles. The Morgan fingerprint density at radius 2 is 2.19 bits per heavy atom. The van der Waals surface area contributed by atoms with Gasteiger partial charge in [-0.25, -0.2) is 14.3 Å².